The Balaban J connectivity index is 1.57. The van der Waals surface area contributed by atoms with Crippen LogP contribution in [0.5, 0.6) is 0 Å². The number of hydrogen-bond acceptors (Lipinski definition) is 5. The van der Waals surface area contributed by atoms with E-state index in [1.54, 1.807) is 12.4 Å². The third-order valence-electron chi connectivity index (χ3n) is 6.22. The van der Waals surface area contributed by atoms with Crippen molar-refractivity contribution < 1.29 is 13.2 Å². The molecule has 162 valence electrons. The van der Waals surface area contributed by atoms with E-state index in [0.717, 1.165) is 42.6 Å². The number of rotatable bonds is 4. The van der Waals surface area contributed by atoms with Crippen LogP contribution in [0.2, 0.25) is 0 Å². The van der Waals surface area contributed by atoms with Gasteiger partial charge in [-0.1, -0.05) is 0 Å². The number of aryl methyl sites for hydroxylation is 1. The zero-order chi connectivity index (χ0) is 21.3. The van der Waals surface area contributed by atoms with Crippen molar-refractivity contribution in [2.45, 2.75) is 38.1 Å². The smallest absolute Gasteiger partial charge is 0.226 e. The molecular weight excluding hydrogens is 402 g/mol. The minimum absolute atomic E-state index is 0.0523. The molecule has 2 aliphatic heterocycles. The van der Waals surface area contributed by atoms with Gasteiger partial charge in [0.1, 0.15) is 0 Å². The molecule has 2 fully saturated rings. The van der Waals surface area contributed by atoms with E-state index in [1.165, 1.54) is 10.6 Å². The summed E-state index contributed by atoms with van der Waals surface area (Å²) in [6.45, 7) is 1.56. The van der Waals surface area contributed by atoms with Gasteiger partial charge in [-0.05, 0) is 49.8 Å². The summed E-state index contributed by atoms with van der Waals surface area (Å²) in [4.78, 5) is 19.6. The Kier molecular flexibility index (Phi) is 5.92. The molecule has 0 bridgehead atoms. The first-order valence-electron chi connectivity index (χ1n) is 10.5. The second kappa shape index (κ2) is 8.47. The van der Waals surface area contributed by atoms with E-state index in [0.29, 0.717) is 25.9 Å². The second-order valence-electron chi connectivity index (χ2n) is 8.32. The molecule has 0 aromatic carbocycles. The molecule has 2 aliphatic rings. The lowest BCUT2D eigenvalue weighted by Crippen LogP contribution is -2.46. The summed E-state index contributed by atoms with van der Waals surface area (Å²) >= 11 is 0. The minimum atomic E-state index is -3.20. The van der Waals surface area contributed by atoms with Crippen LogP contribution in [-0.4, -0.2) is 64.2 Å². The van der Waals surface area contributed by atoms with Crippen LogP contribution < -0.4 is 0 Å². The Morgan fingerprint density at radius 3 is 2.43 bits per heavy atom. The van der Waals surface area contributed by atoms with Crippen LogP contribution in [0.3, 0.4) is 0 Å². The lowest BCUT2D eigenvalue weighted by molar-refractivity contribution is -0.140. The molecule has 2 aromatic rings. The van der Waals surface area contributed by atoms with Crippen molar-refractivity contribution >= 4 is 15.9 Å². The van der Waals surface area contributed by atoms with Crippen molar-refractivity contribution in [2.75, 3.05) is 25.9 Å². The van der Waals surface area contributed by atoms with Gasteiger partial charge in [0.25, 0.3) is 0 Å². The van der Waals surface area contributed by atoms with Crippen molar-refractivity contribution in [1.29, 1.82) is 0 Å². The fraction of sp³-hybridized carbons (Fsp3) is 0.571. The zero-order valence-electron chi connectivity index (χ0n) is 17.6. The van der Waals surface area contributed by atoms with E-state index in [9.17, 15) is 13.2 Å². The summed E-state index contributed by atoms with van der Waals surface area (Å²) in [7, 11) is -1.29. The molecule has 1 atom stereocenters. The van der Waals surface area contributed by atoms with Crippen molar-refractivity contribution in [3.63, 3.8) is 0 Å². The summed E-state index contributed by atoms with van der Waals surface area (Å²) in [6.07, 6.45) is 10.9. The number of carbonyl (C=O) groups is 1. The monoisotopic (exact) mass is 431 g/mol. The molecule has 1 amide bonds. The molecule has 2 aromatic heterocycles. The third-order valence-corrected chi connectivity index (χ3v) is 7.53. The minimum Gasteiger partial charge on any atom is -0.334 e. The fourth-order valence-corrected chi connectivity index (χ4v) is 5.53. The van der Waals surface area contributed by atoms with E-state index < -0.39 is 10.0 Å². The van der Waals surface area contributed by atoms with E-state index >= 15 is 0 Å². The van der Waals surface area contributed by atoms with Gasteiger partial charge in [0.15, 0.2) is 0 Å². The van der Waals surface area contributed by atoms with Gasteiger partial charge >= 0.3 is 0 Å². The van der Waals surface area contributed by atoms with E-state index in [4.69, 9.17) is 5.10 Å². The standard InChI is InChI=1S/C21H29N5O3S/c1-24-15-18(16-6-10-22-11-7-16)20(23-24)19-5-3-4-12-26(19)21(27)17-8-13-25(14-9-17)30(2,28)29/h6-7,10-11,15,17,19H,3-5,8-9,12-14H2,1-2H3/t19-/m0/s1. The van der Waals surface area contributed by atoms with Crippen LogP contribution in [-0.2, 0) is 21.9 Å². The maximum absolute atomic E-state index is 13.5. The molecule has 4 heterocycles. The van der Waals surface area contributed by atoms with E-state index in [1.807, 2.05) is 35.0 Å². The van der Waals surface area contributed by atoms with Crippen molar-refractivity contribution in [2.24, 2.45) is 13.0 Å². The van der Waals surface area contributed by atoms with Crippen molar-refractivity contribution in [1.82, 2.24) is 24.0 Å². The number of nitrogens with zero attached hydrogens (tertiary/aromatic N) is 5. The Hall–Kier alpha value is -2.26. The molecule has 0 spiro atoms. The Morgan fingerprint density at radius 2 is 1.77 bits per heavy atom. The number of sulfonamides is 1. The largest absolute Gasteiger partial charge is 0.334 e. The van der Waals surface area contributed by atoms with Crippen LogP contribution in [0, 0.1) is 5.92 Å². The number of aromatic nitrogens is 3. The zero-order valence-corrected chi connectivity index (χ0v) is 18.4. The average molecular weight is 432 g/mol. The maximum atomic E-state index is 13.5. The van der Waals surface area contributed by atoms with Gasteiger partial charge < -0.3 is 4.90 Å². The van der Waals surface area contributed by atoms with E-state index in [-0.39, 0.29) is 17.9 Å². The molecule has 0 radical (unpaired) electrons. The first-order chi connectivity index (χ1) is 14.3. The Bertz CT molecular complexity index is 997. The lowest BCUT2D eigenvalue weighted by atomic mass is 9.91. The summed E-state index contributed by atoms with van der Waals surface area (Å²) in [5.41, 5.74) is 3.02. The van der Waals surface area contributed by atoms with Crippen LogP contribution in [0.15, 0.2) is 30.7 Å². The van der Waals surface area contributed by atoms with Gasteiger partial charge in [-0.2, -0.15) is 5.10 Å². The van der Waals surface area contributed by atoms with Gasteiger partial charge in [0.05, 0.1) is 18.0 Å². The average Bonchev–Trinajstić information content (AvgIpc) is 3.15. The first kappa shape index (κ1) is 21.0. The molecule has 0 aliphatic carbocycles. The molecule has 8 nitrogen and oxygen atoms in total. The quantitative estimate of drug-likeness (QED) is 0.741. The summed E-state index contributed by atoms with van der Waals surface area (Å²) in [5, 5.41) is 4.75. The van der Waals surface area contributed by atoms with Crippen LogP contribution >= 0.6 is 0 Å². The molecule has 0 N–H and O–H groups in total. The number of likely N-dealkylation sites (tertiary alicyclic amines) is 1. The normalized spacial score (nSPS) is 21.7. The number of pyridine rings is 1. The number of piperidine rings is 2. The Labute approximate surface area is 177 Å². The van der Waals surface area contributed by atoms with Crippen LogP contribution in [0.25, 0.3) is 11.1 Å². The van der Waals surface area contributed by atoms with Crippen molar-refractivity contribution in [3.8, 4) is 11.1 Å². The summed E-state index contributed by atoms with van der Waals surface area (Å²) < 4.78 is 26.9. The van der Waals surface area contributed by atoms with Gasteiger partial charge in [-0.15, -0.1) is 0 Å². The maximum Gasteiger partial charge on any atom is 0.226 e. The predicted octanol–water partition coefficient (Wildman–Crippen LogP) is 2.21. The number of carbonyl (C=O) groups excluding carboxylic acids is 1. The van der Waals surface area contributed by atoms with E-state index in [2.05, 4.69) is 4.98 Å². The predicted molar refractivity (Wildman–Crippen MR) is 114 cm³/mol. The summed E-state index contributed by atoms with van der Waals surface area (Å²) in [5.74, 6) is 0.0101. The molecular formula is C21H29N5O3S. The van der Waals surface area contributed by atoms with Gasteiger partial charge in [-0.25, -0.2) is 12.7 Å². The van der Waals surface area contributed by atoms with Crippen LogP contribution in [0.1, 0.15) is 43.8 Å². The number of amides is 1. The molecule has 0 saturated carbocycles. The Morgan fingerprint density at radius 1 is 1.07 bits per heavy atom. The third kappa shape index (κ3) is 4.27. The summed E-state index contributed by atoms with van der Waals surface area (Å²) in [6, 6.07) is 3.89. The van der Waals surface area contributed by atoms with Gasteiger partial charge in [-0.3, -0.25) is 14.5 Å². The van der Waals surface area contributed by atoms with Gasteiger partial charge in [0.2, 0.25) is 15.9 Å². The highest BCUT2D eigenvalue weighted by molar-refractivity contribution is 7.88. The van der Waals surface area contributed by atoms with Crippen molar-refractivity contribution in [3.05, 3.63) is 36.4 Å². The molecule has 9 heteroatoms. The molecule has 30 heavy (non-hydrogen) atoms. The molecule has 4 rings (SSSR count). The van der Waals surface area contributed by atoms with Crippen LogP contribution in [0.4, 0.5) is 0 Å². The SMILES string of the molecule is Cn1cc(-c2ccncc2)c([C@@H]2CCCCN2C(=O)C2CCN(S(C)(=O)=O)CC2)n1. The molecule has 2 saturated heterocycles. The highest BCUT2D eigenvalue weighted by atomic mass is 32.2. The topological polar surface area (TPSA) is 88.4 Å². The number of hydrogen-bond donors (Lipinski definition) is 0. The molecule has 0 unspecified atom stereocenters. The highest BCUT2D eigenvalue weighted by Crippen LogP contribution is 2.37. The first-order valence-corrected chi connectivity index (χ1v) is 12.4. The lowest BCUT2D eigenvalue weighted by Gasteiger charge is -2.39. The second-order valence-corrected chi connectivity index (χ2v) is 10.3. The fourth-order valence-electron chi connectivity index (χ4n) is 4.65. The van der Waals surface area contributed by atoms with Gasteiger partial charge in [0, 0.05) is 56.8 Å². The highest BCUT2D eigenvalue weighted by Gasteiger charge is 2.37.